The Morgan fingerprint density at radius 2 is 1.57 bits per heavy atom. The first kappa shape index (κ1) is 26.1. The van der Waals surface area contributed by atoms with Crippen LogP contribution in [0.5, 0.6) is 0 Å². The van der Waals surface area contributed by atoms with E-state index in [-0.39, 0.29) is 40.1 Å². The van der Waals surface area contributed by atoms with Gasteiger partial charge in [-0.15, -0.1) is 6.07 Å². The molecule has 0 heterocycles. The molecule has 0 unspecified atom stereocenters. The van der Waals surface area contributed by atoms with Crippen LogP contribution >= 0.6 is 0 Å². The zero-order valence-electron chi connectivity index (χ0n) is 4.68. The third kappa shape index (κ3) is 700. The molecular formula is C4H9NOY-2. The second-order valence-corrected chi connectivity index (χ2v) is 0.158. The fraction of sp³-hybridized carbons (Fsp3) is 0.250. The Morgan fingerprint density at radius 3 is 1.57 bits per heavy atom. The zero-order valence-corrected chi connectivity index (χ0v) is 7.52. The maximum Gasteiger partial charge on any atom is 0.0319 e. The quantitative estimate of drug-likeness (QED) is 0.543. The Kier molecular flexibility index (Phi) is 348. The van der Waals surface area contributed by atoms with Crippen LogP contribution in [0.2, 0.25) is 0 Å². The summed E-state index contributed by atoms with van der Waals surface area (Å²) in [5.74, 6) is 0. The van der Waals surface area contributed by atoms with Gasteiger partial charge in [0, 0.05) is 39.8 Å². The van der Waals surface area contributed by atoms with Crippen molar-refractivity contribution in [3.8, 4) is 6.07 Å². The first-order chi connectivity index (χ1) is 2.41. The van der Waals surface area contributed by atoms with Gasteiger partial charge in [-0.25, -0.2) is 5.26 Å². The smallest absolute Gasteiger partial charge is 0.0319 e. The molecule has 41 valence electrons. The molecule has 0 rings (SSSR count). The molecular weight excluding hydrogens is 167 g/mol. The minimum Gasteiger partial charge on any atom is -0.400 e. The van der Waals surface area contributed by atoms with Crippen molar-refractivity contribution in [2.24, 2.45) is 0 Å². The zero-order chi connectivity index (χ0) is 4.71. The molecule has 0 aromatic carbocycles. The third-order valence-electron chi connectivity index (χ3n) is 0. The molecule has 0 bridgehead atoms. The van der Waals surface area contributed by atoms with Crippen molar-refractivity contribution < 1.29 is 37.8 Å². The van der Waals surface area contributed by atoms with E-state index in [1.54, 1.807) is 0 Å². The van der Waals surface area contributed by atoms with E-state index in [1.165, 1.54) is 6.07 Å². The number of nitriles is 1. The van der Waals surface area contributed by atoms with Gasteiger partial charge in [-0.1, -0.05) is 0 Å². The number of nitrogens with zero attached hydrogens (tertiary/aromatic N) is 1. The normalized spacial score (nSPS) is 1.86. The Balaban J connectivity index is -0.0000000105. The van der Waals surface area contributed by atoms with Gasteiger partial charge in [-0.3, -0.25) is 0 Å². The fourth-order valence-electron chi connectivity index (χ4n) is 0. The van der Waals surface area contributed by atoms with Gasteiger partial charge in [0.1, 0.15) is 0 Å². The summed E-state index contributed by atoms with van der Waals surface area (Å²) < 4.78 is 0. The van der Waals surface area contributed by atoms with E-state index >= 15 is 0 Å². The Morgan fingerprint density at radius 1 is 1.57 bits per heavy atom. The molecule has 1 N–H and O–H groups in total. The predicted octanol–water partition coefficient (Wildman–Crippen LogP) is 0.400. The molecule has 0 saturated carbocycles. The van der Waals surface area contributed by atoms with Gasteiger partial charge in [0.15, 0.2) is 0 Å². The van der Waals surface area contributed by atoms with Gasteiger partial charge in [0.2, 0.25) is 0 Å². The molecule has 0 saturated heterocycles. The molecule has 2 nitrogen and oxygen atoms in total. The first-order valence-corrected chi connectivity index (χ1v) is 1.02. The van der Waals surface area contributed by atoms with Crippen molar-refractivity contribution in [2.45, 2.75) is 0 Å². The van der Waals surface area contributed by atoms with E-state index in [4.69, 9.17) is 10.4 Å². The molecule has 0 aliphatic rings. The molecule has 0 fully saturated rings. The minimum atomic E-state index is 0. The summed E-state index contributed by atoms with van der Waals surface area (Å²) in [6.07, 6.45) is 0. The van der Waals surface area contributed by atoms with E-state index in [0.29, 0.717) is 0 Å². The van der Waals surface area contributed by atoms with Gasteiger partial charge in [-0.05, 0) is 0 Å². The van der Waals surface area contributed by atoms with Crippen LogP contribution in [0.15, 0.2) is 0 Å². The van der Waals surface area contributed by atoms with Gasteiger partial charge in [0.05, 0.1) is 0 Å². The SMILES string of the molecule is CO.[CH2-]C#N.[CH3-].[Y]. The van der Waals surface area contributed by atoms with Crippen molar-refractivity contribution in [1.29, 1.82) is 5.26 Å². The molecule has 0 aliphatic carbocycles. The van der Waals surface area contributed by atoms with Crippen molar-refractivity contribution in [3.63, 3.8) is 0 Å². The number of hydrogen-bond donors (Lipinski definition) is 1. The fourth-order valence-corrected chi connectivity index (χ4v) is 0. The summed E-state index contributed by atoms with van der Waals surface area (Å²) in [6.45, 7) is 2.79. The van der Waals surface area contributed by atoms with Crippen LogP contribution in [0, 0.1) is 25.7 Å². The molecule has 7 heavy (non-hydrogen) atoms. The second-order valence-electron chi connectivity index (χ2n) is 0.158. The molecule has 1 radical (unpaired) electrons. The standard InChI is InChI=1S/C2H2N.CH4O.CH3.Y/c1-2-3;1-2;;/h1H2;2H,1H3;1H3;/q-1;;-1;. The number of rotatable bonds is 0. The van der Waals surface area contributed by atoms with Crippen LogP contribution in [0.1, 0.15) is 0 Å². The van der Waals surface area contributed by atoms with Crippen LogP contribution in [0.25, 0.3) is 0 Å². The molecule has 3 heteroatoms. The summed E-state index contributed by atoms with van der Waals surface area (Å²) in [7, 11) is 1.00. The monoisotopic (exact) mass is 176 g/mol. The van der Waals surface area contributed by atoms with E-state index < -0.39 is 0 Å². The molecule has 0 atom stereocenters. The number of hydrogen-bond acceptors (Lipinski definition) is 2. The average Bonchev–Trinajstić information content (AvgIpc) is 1.46. The number of aliphatic hydroxyl groups is 1. The maximum atomic E-state index is 7.21. The molecule has 0 spiro atoms. The van der Waals surface area contributed by atoms with Gasteiger partial charge < -0.3 is 19.5 Å². The largest absolute Gasteiger partial charge is 0.400 e. The molecule has 0 amide bonds. The summed E-state index contributed by atoms with van der Waals surface area (Å²) in [5.41, 5.74) is 0. The first-order valence-electron chi connectivity index (χ1n) is 1.02. The van der Waals surface area contributed by atoms with Crippen molar-refractivity contribution >= 4 is 0 Å². The van der Waals surface area contributed by atoms with Crippen LogP contribution < -0.4 is 0 Å². The summed E-state index contributed by atoms with van der Waals surface area (Å²) in [4.78, 5) is 0. The predicted molar refractivity (Wildman–Crippen MR) is 25.5 cm³/mol. The van der Waals surface area contributed by atoms with Crippen LogP contribution in [-0.2, 0) is 32.7 Å². The minimum absolute atomic E-state index is 0. The Bertz CT molecular complexity index is 33.2. The van der Waals surface area contributed by atoms with E-state index in [1.807, 2.05) is 0 Å². The van der Waals surface area contributed by atoms with Crippen molar-refractivity contribution in [2.75, 3.05) is 7.11 Å². The van der Waals surface area contributed by atoms with E-state index in [0.717, 1.165) is 7.11 Å². The summed E-state index contributed by atoms with van der Waals surface area (Å²) in [6, 6.07) is 1.50. The van der Waals surface area contributed by atoms with Crippen LogP contribution in [-0.4, -0.2) is 12.2 Å². The Hall–Kier alpha value is 0.424. The van der Waals surface area contributed by atoms with Crippen LogP contribution in [0.3, 0.4) is 0 Å². The average molecular weight is 176 g/mol. The molecule has 0 aliphatic heterocycles. The van der Waals surface area contributed by atoms with Gasteiger partial charge in [-0.2, -0.15) is 0 Å². The van der Waals surface area contributed by atoms with Crippen LogP contribution in [0.4, 0.5) is 0 Å². The summed E-state index contributed by atoms with van der Waals surface area (Å²) >= 11 is 0. The maximum absolute atomic E-state index is 7.21. The summed E-state index contributed by atoms with van der Waals surface area (Å²) in [5, 5.41) is 14.2. The van der Waals surface area contributed by atoms with Crippen molar-refractivity contribution in [3.05, 3.63) is 14.4 Å². The molecule has 0 aromatic rings. The second kappa shape index (κ2) is 93.2. The van der Waals surface area contributed by atoms with E-state index in [2.05, 4.69) is 6.92 Å². The third-order valence-corrected chi connectivity index (χ3v) is 0. The topological polar surface area (TPSA) is 44.0 Å². The Labute approximate surface area is 70.4 Å². The molecule has 0 aromatic heterocycles. The van der Waals surface area contributed by atoms with E-state index in [9.17, 15) is 0 Å². The number of aliphatic hydroxyl groups excluding tert-OH is 1. The van der Waals surface area contributed by atoms with Gasteiger partial charge >= 0.3 is 0 Å². The van der Waals surface area contributed by atoms with Crippen molar-refractivity contribution in [1.82, 2.24) is 0 Å². The van der Waals surface area contributed by atoms with Gasteiger partial charge in [0.25, 0.3) is 0 Å².